The lowest BCUT2D eigenvalue weighted by Crippen LogP contribution is -2.28. The van der Waals surface area contributed by atoms with E-state index in [0.29, 0.717) is 29.4 Å². The fraction of sp³-hybridized carbons (Fsp3) is 0.364. The molecule has 0 spiro atoms. The van der Waals surface area contributed by atoms with Crippen molar-refractivity contribution in [1.82, 2.24) is 0 Å². The number of hydrogen-bond donors (Lipinski definition) is 1. The normalized spacial score (nSPS) is 16.4. The second kappa shape index (κ2) is 8.33. The number of hydrogen-bond acceptors (Lipinski definition) is 4. The fourth-order valence-electron chi connectivity index (χ4n) is 3.30. The molecule has 1 fully saturated rings. The van der Waals surface area contributed by atoms with Gasteiger partial charge in [-0.1, -0.05) is 18.2 Å². The van der Waals surface area contributed by atoms with Crippen LogP contribution in [0.25, 0.3) is 0 Å². The first-order valence-electron chi connectivity index (χ1n) is 9.40. The lowest BCUT2D eigenvalue weighted by molar-refractivity contribution is -0.122. The summed E-state index contributed by atoms with van der Waals surface area (Å²) >= 11 is 0. The van der Waals surface area contributed by atoms with Crippen molar-refractivity contribution in [3.63, 3.8) is 0 Å². The largest absolute Gasteiger partial charge is 0.495 e. The van der Waals surface area contributed by atoms with E-state index in [1.807, 2.05) is 63.2 Å². The van der Waals surface area contributed by atoms with Gasteiger partial charge in [0.05, 0.1) is 30.5 Å². The summed E-state index contributed by atoms with van der Waals surface area (Å²) in [5, 5.41) is 2.91. The van der Waals surface area contributed by atoms with Crippen molar-refractivity contribution >= 4 is 23.2 Å². The molecule has 0 radical (unpaired) electrons. The zero-order valence-electron chi connectivity index (χ0n) is 16.7. The van der Waals surface area contributed by atoms with Gasteiger partial charge in [-0.2, -0.15) is 0 Å². The number of nitrogens with one attached hydrogen (secondary N) is 1. The Morgan fingerprint density at radius 3 is 2.64 bits per heavy atom. The minimum Gasteiger partial charge on any atom is -0.495 e. The Labute approximate surface area is 165 Å². The standard InChI is InChI=1S/C22H26N2O4/c1-14(2)28-20-8-6-5-7-18(20)24-13-16(12-21(24)25)22(26)23-17-11-15(3)9-10-19(17)27-4/h5-11,14,16H,12-13H2,1-4H3,(H,23,26). The molecule has 0 aromatic heterocycles. The third kappa shape index (κ3) is 4.27. The second-order valence-electron chi connectivity index (χ2n) is 7.23. The van der Waals surface area contributed by atoms with E-state index in [1.165, 1.54) is 0 Å². The molecule has 1 saturated heterocycles. The molecule has 1 heterocycles. The highest BCUT2D eigenvalue weighted by Gasteiger charge is 2.36. The number of methoxy groups -OCH3 is 1. The molecule has 1 unspecified atom stereocenters. The zero-order chi connectivity index (χ0) is 20.3. The number of nitrogens with zero attached hydrogens (tertiary/aromatic N) is 1. The van der Waals surface area contributed by atoms with Gasteiger partial charge in [0.2, 0.25) is 11.8 Å². The first kappa shape index (κ1) is 19.7. The Kier molecular flexibility index (Phi) is 5.87. The van der Waals surface area contributed by atoms with Crippen LogP contribution >= 0.6 is 0 Å². The van der Waals surface area contributed by atoms with Crippen LogP contribution in [0.3, 0.4) is 0 Å². The van der Waals surface area contributed by atoms with E-state index in [4.69, 9.17) is 9.47 Å². The maximum atomic E-state index is 12.8. The average molecular weight is 382 g/mol. The van der Waals surface area contributed by atoms with Gasteiger partial charge in [0.25, 0.3) is 0 Å². The van der Waals surface area contributed by atoms with Gasteiger partial charge in [-0.05, 0) is 50.6 Å². The number of benzene rings is 2. The summed E-state index contributed by atoms with van der Waals surface area (Å²) in [5.74, 6) is 0.520. The van der Waals surface area contributed by atoms with E-state index in [-0.39, 0.29) is 24.3 Å². The topological polar surface area (TPSA) is 67.9 Å². The zero-order valence-corrected chi connectivity index (χ0v) is 16.7. The van der Waals surface area contributed by atoms with E-state index in [1.54, 1.807) is 12.0 Å². The van der Waals surface area contributed by atoms with Gasteiger partial charge in [-0.3, -0.25) is 9.59 Å². The van der Waals surface area contributed by atoms with Crippen LogP contribution in [0.4, 0.5) is 11.4 Å². The summed E-state index contributed by atoms with van der Waals surface area (Å²) in [7, 11) is 1.56. The van der Waals surface area contributed by atoms with Gasteiger partial charge < -0.3 is 19.7 Å². The monoisotopic (exact) mass is 382 g/mol. The van der Waals surface area contributed by atoms with Crippen molar-refractivity contribution in [2.45, 2.75) is 33.3 Å². The number of amides is 2. The molecule has 0 saturated carbocycles. The van der Waals surface area contributed by atoms with Gasteiger partial charge in [0, 0.05) is 13.0 Å². The minimum atomic E-state index is -0.440. The average Bonchev–Trinajstić information content (AvgIpc) is 3.04. The molecule has 2 amide bonds. The first-order chi connectivity index (χ1) is 13.4. The summed E-state index contributed by atoms with van der Waals surface area (Å²) in [4.78, 5) is 27.1. The van der Waals surface area contributed by atoms with Gasteiger partial charge in [-0.15, -0.1) is 0 Å². The van der Waals surface area contributed by atoms with Crippen LogP contribution in [0.5, 0.6) is 11.5 Å². The Morgan fingerprint density at radius 2 is 1.93 bits per heavy atom. The predicted octanol–water partition coefficient (Wildman–Crippen LogP) is 3.78. The molecule has 6 nitrogen and oxygen atoms in total. The van der Waals surface area contributed by atoms with Crippen molar-refractivity contribution in [3.05, 3.63) is 48.0 Å². The van der Waals surface area contributed by atoms with Crippen molar-refractivity contribution in [3.8, 4) is 11.5 Å². The van der Waals surface area contributed by atoms with Gasteiger partial charge >= 0.3 is 0 Å². The van der Waals surface area contributed by atoms with E-state index in [2.05, 4.69) is 5.32 Å². The molecule has 1 aliphatic rings. The number of carbonyl (C=O) groups is 2. The van der Waals surface area contributed by atoms with Crippen molar-refractivity contribution < 1.29 is 19.1 Å². The van der Waals surface area contributed by atoms with Gasteiger partial charge in [-0.25, -0.2) is 0 Å². The third-order valence-corrected chi connectivity index (χ3v) is 4.63. The summed E-state index contributed by atoms with van der Waals surface area (Å²) < 4.78 is 11.1. The van der Waals surface area contributed by atoms with E-state index in [0.717, 1.165) is 5.56 Å². The fourth-order valence-corrected chi connectivity index (χ4v) is 3.30. The SMILES string of the molecule is COc1ccc(C)cc1NC(=O)C1CC(=O)N(c2ccccc2OC(C)C)C1. The third-order valence-electron chi connectivity index (χ3n) is 4.63. The quantitative estimate of drug-likeness (QED) is 0.826. The maximum Gasteiger partial charge on any atom is 0.229 e. The number of ether oxygens (including phenoxy) is 2. The number of para-hydroxylation sites is 2. The minimum absolute atomic E-state index is 0.00765. The highest BCUT2D eigenvalue weighted by Crippen LogP contribution is 2.34. The summed E-state index contributed by atoms with van der Waals surface area (Å²) in [6.07, 6.45) is 0.155. The van der Waals surface area contributed by atoms with Crippen molar-refractivity contribution in [2.75, 3.05) is 23.9 Å². The lowest BCUT2D eigenvalue weighted by Gasteiger charge is -2.21. The van der Waals surface area contributed by atoms with E-state index < -0.39 is 5.92 Å². The van der Waals surface area contributed by atoms with Crippen LogP contribution in [0.2, 0.25) is 0 Å². The molecular formula is C22H26N2O4. The molecule has 148 valence electrons. The number of aryl methyl sites for hydroxylation is 1. The molecule has 2 aromatic carbocycles. The van der Waals surface area contributed by atoms with Gasteiger partial charge in [0.15, 0.2) is 0 Å². The molecule has 28 heavy (non-hydrogen) atoms. The number of carbonyl (C=O) groups excluding carboxylic acids is 2. The Balaban J connectivity index is 1.76. The van der Waals surface area contributed by atoms with Crippen LogP contribution in [-0.4, -0.2) is 31.6 Å². The van der Waals surface area contributed by atoms with Crippen LogP contribution < -0.4 is 19.7 Å². The van der Waals surface area contributed by atoms with Gasteiger partial charge in [0.1, 0.15) is 11.5 Å². The second-order valence-corrected chi connectivity index (χ2v) is 7.23. The Morgan fingerprint density at radius 1 is 1.18 bits per heavy atom. The van der Waals surface area contributed by atoms with Crippen LogP contribution in [0.1, 0.15) is 25.8 Å². The van der Waals surface area contributed by atoms with Crippen molar-refractivity contribution in [1.29, 1.82) is 0 Å². The van der Waals surface area contributed by atoms with Crippen LogP contribution in [-0.2, 0) is 9.59 Å². The van der Waals surface area contributed by atoms with Crippen LogP contribution in [0, 0.1) is 12.8 Å². The molecule has 2 aromatic rings. The Bertz CT molecular complexity index is 879. The number of anilines is 2. The molecule has 3 rings (SSSR count). The molecule has 1 aliphatic heterocycles. The van der Waals surface area contributed by atoms with E-state index in [9.17, 15) is 9.59 Å². The molecule has 1 atom stereocenters. The molecule has 6 heteroatoms. The predicted molar refractivity (Wildman–Crippen MR) is 109 cm³/mol. The number of rotatable bonds is 6. The highest BCUT2D eigenvalue weighted by atomic mass is 16.5. The smallest absolute Gasteiger partial charge is 0.229 e. The first-order valence-corrected chi connectivity index (χ1v) is 9.40. The summed E-state index contributed by atoms with van der Waals surface area (Å²) in [6, 6.07) is 13.0. The summed E-state index contributed by atoms with van der Waals surface area (Å²) in [5.41, 5.74) is 2.33. The van der Waals surface area contributed by atoms with E-state index >= 15 is 0 Å². The molecule has 0 aliphatic carbocycles. The molecule has 0 bridgehead atoms. The highest BCUT2D eigenvalue weighted by molar-refractivity contribution is 6.04. The molecular weight excluding hydrogens is 356 g/mol. The molecule has 1 N–H and O–H groups in total. The Hall–Kier alpha value is -3.02. The van der Waals surface area contributed by atoms with Crippen molar-refractivity contribution in [2.24, 2.45) is 5.92 Å². The van der Waals surface area contributed by atoms with Crippen LogP contribution in [0.15, 0.2) is 42.5 Å². The summed E-state index contributed by atoms with van der Waals surface area (Å²) in [6.45, 7) is 6.14. The maximum absolute atomic E-state index is 12.8. The lowest BCUT2D eigenvalue weighted by atomic mass is 10.1.